The first-order chi connectivity index (χ1) is 8.16. The average Bonchev–Trinajstić information content (AvgIpc) is 2.29. The molecule has 0 bridgehead atoms. The molecule has 2 heteroatoms. The van der Waals surface area contributed by atoms with E-state index in [1.54, 1.807) is 6.92 Å². The minimum atomic E-state index is 0.0297. The van der Waals surface area contributed by atoms with Gasteiger partial charge in [0.15, 0.2) is 0 Å². The molecular weight excluding hydrogens is 210 g/mol. The van der Waals surface area contributed by atoms with Crippen molar-refractivity contribution in [1.82, 2.24) is 5.32 Å². The molecule has 0 spiro atoms. The Morgan fingerprint density at radius 2 is 2.24 bits per heavy atom. The largest absolute Gasteiger partial charge is 0.353 e. The standard InChI is InChI=1S/C15H19NO/c1-11-6-7-13-4-3-5-14(15(13)10-11)8-9-16-12(2)17/h6-8,10H,3-5,9H2,1-2H3,(H,16,17)/b14-8-. The topological polar surface area (TPSA) is 29.1 Å². The van der Waals surface area contributed by atoms with Crippen LogP contribution in [0.1, 0.15) is 36.5 Å². The highest BCUT2D eigenvalue weighted by atomic mass is 16.1. The molecule has 0 atom stereocenters. The first kappa shape index (κ1) is 11.9. The molecule has 1 amide bonds. The monoisotopic (exact) mass is 229 g/mol. The zero-order chi connectivity index (χ0) is 12.3. The highest BCUT2D eigenvalue weighted by Gasteiger charge is 2.13. The molecule has 1 aromatic carbocycles. The minimum absolute atomic E-state index is 0.0297. The number of carbonyl (C=O) groups is 1. The normalized spacial score (nSPS) is 16.7. The summed E-state index contributed by atoms with van der Waals surface area (Å²) in [5, 5.41) is 2.82. The molecule has 0 heterocycles. The predicted octanol–water partition coefficient (Wildman–Crippen LogP) is 2.85. The SMILES string of the molecule is CC(=O)NC/C=C1/CCCc2ccc(C)cc21. The lowest BCUT2D eigenvalue weighted by atomic mass is 9.86. The lowest BCUT2D eigenvalue weighted by Crippen LogP contribution is -2.19. The maximum Gasteiger partial charge on any atom is 0.217 e. The summed E-state index contributed by atoms with van der Waals surface area (Å²) in [6, 6.07) is 6.67. The molecule has 0 saturated heterocycles. The summed E-state index contributed by atoms with van der Waals surface area (Å²) in [5.74, 6) is 0.0297. The van der Waals surface area contributed by atoms with Crippen molar-refractivity contribution in [3.8, 4) is 0 Å². The third-order valence-corrected chi connectivity index (χ3v) is 3.20. The van der Waals surface area contributed by atoms with Crippen molar-refractivity contribution in [2.45, 2.75) is 33.1 Å². The molecule has 0 saturated carbocycles. The van der Waals surface area contributed by atoms with Gasteiger partial charge in [-0.2, -0.15) is 0 Å². The second kappa shape index (κ2) is 5.17. The van der Waals surface area contributed by atoms with Crippen LogP contribution < -0.4 is 5.32 Å². The van der Waals surface area contributed by atoms with Crippen LogP contribution in [0.15, 0.2) is 24.3 Å². The lowest BCUT2D eigenvalue weighted by Gasteiger charge is -2.19. The number of hydrogen-bond acceptors (Lipinski definition) is 1. The molecule has 2 nitrogen and oxygen atoms in total. The summed E-state index contributed by atoms with van der Waals surface area (Å²) in [4.78, 5) is 10.8. The number of allylic oxidation sites excluding steroid dienone is 1. The van der Waals surface area contributed by atoms with Gasteiger partial charge in [-0.3, -0.25) is 4.79 Å². The van der Waals surface area contributed by atoms with Gasteiger partial charge in [0, 0.05) is 13.5 Å². The molecular formula is C15H19NO. The van der Waals surface area contributed by atoms with Gasteiger partial charge in [0.1, 0.15) is 0 Å². The third kappa shape index (κ3) is 2.96. The molecule has 2 rings (SSSR count). The molecule has 90 valence electrons. The first-order valence-corrected chi connectivity index (χ1v) is 6.20. The van der Waals surface area contributed by atoms with Crippen molar-refractivity contribution in [2.75, 3.05) is 6.54 Å². The Kier molecular flexibility index (Phi) is 3.62. The molecule has 0 aliphatic heterocycles. The molecule has 17 heavy (non-hydrogen) atoms. The van der Waals surface area contributed by atoms with Crippen LogP contribution in [0, 0.1) is 6.92 Å². The molecule has 1 N–H and O–H groups in total. The van der Waals surface area contributed by atoms with Gasteiger partial charge in [0.05, 0.1) is 0 Å². The number of amides is 1. The molecule has 1 aliphatic rings. The van der Waals surface area contributed by atoms with E-state index >= 15 is 0 Å². The Hall–Kier alpha value is -1.57. The van der Waals surface area contributed by atoms with Crippen molar-refractivity contribution in [3.05, 3.63) is 41.0 Å². The zero-order valence-electron chi connectivity index (χ0n) is 10.5. The van der Waals surface area contributed by atoms with Crippen LogP contribution in [-0.2, 0) is 11.2 Å². The number of benzene rings is 1. The summed E-state index contributed by atoms with van der Waals surface area (Å²) in [6.45, 7) is 4.32. The fraction of sp³-hybridized carbons (Fsp3) is 0.400. The van der Waals surface area contributed by atoms with E-state index in [-0.39, 0.29) is 5.91 Å². The van der Waals surface area contributed by atoms with E-state index in [0.29, 0.717) is 6.54 Å². The summed E-state index contributed by atoms with van der Waals surface area (Å²) >= 11 is 0. The molecule has 1 aromatic rings. The highest BCUT2D eigenvalue weighted by Crippen LogP contribution is 2.31. The van der Waals surface area contributed by atoms with Crippen molar-refractivity contribution in [2.24, 2.45) is 0 Å². The van der Waals surface area contributed by atoms with Crippen molar-refractivity contribution < 1.29 is 4.79 Å². The first-order valence-electron chi connectivity index (χ1n) is 6.20. The van der Waals surface area contributed by atoms with Crippen molar-refractivity contribution in [3.63, 3.8) is 0 Å². The van der Waals surface area contributed by atoms with E-state index in [4.69, 9.17) is 0 Å². The van der Waals surface area contributed by atoms with Crippen LogP contribution in [0.3, 0.4) is 0 Å². The van der Waals surface area contributed by atoms with Gasteiger partial charge in [-0.05, 0) is 42.9 Å². The Morgan fingerprint density at radius 3 is 3.00 bits per heavy atom. The number of aryl methyl sites for hydroxylation is 2. The second-order valence-corrected chi connectivity index (χ2v) is 4.68. The van der Waals surface area contributed by atoms with Crippen molar-refractivity contribution >= 4 is 11.5 Å². The minimum Gasteiger partial charge on any atom is -0.353 e. The van der Waals surface area contributed by atoms with Gasteiger partial charge in [0.2, 0.25) is 5.91 Å². The Labute approximate surface area is 103 Å². The molecule has 0 aromatic heterocycles. The van der Waals surface area contributed by atoms with Crippen LogP contribution in [0.2, 0.25) is 0 Å². The summed E-state index contributed by atoms with van der Waals surface area (Å²) in [6.07, 6.45) is 5.66. The fourth-order valence-electron chi connectivity index (χ4n) is 2.34. The quantitative estimate of drug-likeness (QED) is 0.830. The lowest BCUT2D eigenvalue weighted by molar-refractivity contribution is -0.118. The van der Waals surface area contributed by atoms with Gasteiger partial charge in [-0.25, -0.2) is 0 Å². The van der Waals surface area contributed by atoms with Crippen LogP contribution >= 0.6 is 0 Å². The van der Waals surface area contributed by atoms with E-state index in [2.05, 4.69) is 36.5 Å². The number of hydrogen-bond donors (Lipinski definition) is 1. The maximum absolute atomic E-state index is 10.8. The van der Waals surface area contributed by atoms with Gasteiger partial charge >= 0.3 is 0 Å². The third-order valence-electron chi connectivity index (χ3n) is 3.20. The van der Waals surface area contributed by atoms with Gasteiger partial charge < -0.3 is 5.32 Å². The predicted molar refractivity (Wildman–Crippen MR) is 70.8 cm³/mol. The van der Waals surface area contributed by atoms with Gasteiger partial charge in [-0.1, -0.05) is 29.8 Å². The van der Waals surface area contributed by atoms with Crippen molar-refractivity contribution in [1.29, 1.82) is 0 Å². The van der Waals surface area contributed by atoms with Crippen LogP contribution in [-0.4, -0.2) is 12.5 Å². The molecule has 0 unspecified atom stereocenters. The maximum atomic E-state index is 10.8. The number of rotatable bonds is 2. The van der Waals surface area contributed by atoms with Crippen LogP contribution in [0.5, 0.6) is 0 Å². The summed E-state index contributed by atoms with van der Waals surface area (Å²) in [7, 11) is 0. The number of fused-ring (bicyclic) bond motifs is 1. The fourth-order valence-corrected chi connectivity index (χ4v) is 2.34. The molecule has 0 radical (unpaired) electrons. The Balaban J connectivity index is 2.21. The number of carbonyl (C=O) groups excluding carboxylic acids is 1. The van der Waals surface area contributed by atoms with E-state index in [9.17, 15) is 4.79 Å². The second-order valence-electron chi connectivity index (χ2n) is 4.68. The highest BCUT2D eigenvalue weighted by molar-refractivity contribution is 5.74. The summed E-state index contributed by atoms with van der Waals surface area (Å²) in [5.41, 5.74) is 5.50. The zero-order valence-corrected chi connectivity index (χ0v) is 10.5. The molecule has 1 aliphatic carbocycles. The van der Waals surface area contributed by atoms with Crippen LogP contribution in [0.4, 0.5) is 0 Å². The summed E-state index contributed by atoms with van der Waals surface area (Å²) < 4.78 is 0. The van der Waals surface area contributed by atoms with Crippen LogP contribution in [0.25, 0.3) is 5.57 Å². The van der Waals surface area contributed by atoms with E-state index in [1.165, 1.54) is 35.1 Å². The number of nitrogens with one attached hydrogen (secondary N) is 1. The Morgan fingerprint density at radius 1 is 1.41 bits per heavy atom. The van der Waals surface area contributed by atoms with E-state index < -0.39 is 0 Å². The molecule has 0 fully saturated rings. The smallest absolute Gasteiger partial charge is 0.217 e. The van der Waals surface area contributed by atoms with Gasteiger partial charge in [-0.15, -0.1) is 0 Å². The average molecular weight is 229 g/mol. The van der Waals surface area contributed by atoms with E-state index in [1.807, 2.05) is 0 Å². The Bertz CT molecular complexity index is 460. The van der Waals surface area contributed by atoms with Gasteiger partial charge in [0.25, 0.3) is 0 Å². The van der Waals surface area contributed by atoms with E-state index in [0.717, 1.165) is 6.42 Å².